The van der Waals surface area contributed by atoms with Crippen LogP contribution in [0.2, 0.25) is 0 Å². The molecule has 1 unspecified atom stereocenters. The molecule has 1 atom stereocenters. The summed E-state index contributed by atoms with van der Waals surface area (Å²) in [6.07, 6.45) is 0. The Morgan fingerprint density at radius 1 is 1.29 bits per heavy atom. The first-order valence-corrected chi connectivity index (χ1v) is 6.74. The molecule has 6 heteroatoms. The lowest BCUT2D eigenvalue weighted by atomic mass is 10.0. The molecule has 0 bridgehead atoms. The van der Waals surface area contributed by atoms with Crippen LogP contribution in [-0.4, -0.2) is 62.6 Å². The van der Waals surface area contributed by atoms with Crippen LogP contribution in [0, 0.1) is 0 Å². The van der Waals surface area contributed by atoms with E-state index in [2.05, 4.69) is 0 Å². The van der Waals surface area contributed by atoms with E-state index in [1.165, 1.54) is 4.90 Å². The third-order valence-electron chi connectivity index (χ3n) is 3.51. The van der Waals surface area contributed by atoms with Gasteiger partial charge >= 0.3 is 0 Å². The van der Waals surface area contributed by atoms with Crippen molar-refractivity contribution in [3.8, 4) is 5.75 Å². The minimum atomic E-state index is -0.291. The average Bonchev–Trinajstić information content (AvgIpc) is 2.46. The Kier molecular flexibility index (Phi) is 4.93. The highest BCUT2D eigenvalue weighted by Crippen LogP contribution is 2.24. The average molecular weight is 292 g/mol. The third kappa shape index (κ3) is 3.59. The van der Waals surface area contributed by atoms with Gasteiger partial charge in [0.2, 0.25) is 0 Å². The largest absolute Gasteiger partial charge is 0.497 e. The van der Waals surface area contributed by atoms with Crippen molar-refractivity contribution in [2.24, 2.45) is 0 Å². The van der Waals surface area contributed by atoms with Gasteiger partial charge in [0, 0.05) is 6.54 Å². The van der Waals surface area contributed by atoms with Crippen LogP contribution < -0.4 is 4.74 Å². The number of nitrogens with zero attached hydrogens (tertiary/aromatic N) is 2. The zero-order chi connectivity index (χ0) is 15.4. The Morgan fingerprint density at radius 2 is 1.95 bits per heavy atom. The van der Waals surface area contributed by atoms with Crippen molar-refractivity contribution in [3.63, 3.8) is 0 Å². The van der Waals surface area contributed by atoms with Crippen molar-refractivity contribution in [1.82, 2.24) is 9.80 Å². The topological polar surface area (TPSA) is 59.1 Å². The van der Waals surface area contributed by atoms with E-state index in [0.29, 0.717) is 6.54 Å². The third-order valence-corrected chi connectivity index (χ3v) is 3.51. The quantitative estimate of drug-likeness (QED) is 0.747. The monoisotopic (exact) mass is 292 g/mol. The number of rotatable bonds is 5. The number of ether oxygens (including phenoxy) is 2. The number of benzene rings is 1. The number of carbonyl (C=O) groups is 2. The van der Waals surface area contributed by atoms with Crippen LogP contribution in [0.3, 0.4) is 0 Å². The first kappa shape index (κ1) is 15.5. The summed E-state index contributed by atoms with van der Waals surface area (Å²) in [5, 5.41) is 0. The molecule has 6 nitrogen and oxygen atoms in total. The lowest BCUT2D eigenvalue weighted by molar-refractivity contribution is -0.159. The van der Waals surface area contributed by atoms with Gasteiger partial charge in [-0.05, 0) is 31.8 Å². The molecule has 0 aromatic heterocycles. The zero-order valence-corrected chi connectivity index (χ0v) is 12.5. The molecule has 1 aromatic carbocycles. The lowest BCUT2D eigenvalue weighted by Gasteiger charge is -2.32. The number of morpholine rings is 1. The number of hydrogen-bond acceptors (Lipinski definition) is 5. The molecule has 0 spiro atoms. The predicted molar refractivity (Wildman–Crippen MR) is 77.0 cm³/mol. The molecule has 0 aliphatic carbocycles. The minimum Gasteiger partial charge on any atom is -0.497 e. The van der Waals surface area contributed by atoms with Crippen LogP contribution in [0.15, 0.2) is 24.3 Å². The molecule has 1 heterocycles. The fourth-order valence-electron chi connectivity index (χ4n) is 2.31. The predicted octanol–water partition coefficient (Wildman–Crippen LogP) is 0.683. The van der Waals surface area contributed by atoms with E-state index in [1.54, 1.807) is 7.11 Å². The van der Waals surface area contributed by atoms with Gasteiger partial charge in [-0.25, -0.2) is 0 Å². The summed E-state index contributed by atoms with van der Waals surface area (Å²) in [4.78, 5) is 27.0. The molecule has 114 valence electrons. The molecule has 1 aromatic rings. The van der Waals surface area contributed by atoms with Crippen molar-refractivity contribution in [3.05, 3.63) is 29.8 Å². The molecule has 0 N–H and O–H groups in total. The first-order chi connectivity index (χ1) is 10.0. The fraction of sp³-hybridized carbons (Fsp3) is 0.467. The van der Waals surface area contributed by atoms with Crippen molar-refractivity contribution in [1.29, 1.82) is 0 Å². The molecule has 21 heavy (non-hydrogen) atoms. The molecule has 1 saturated heterocycles. The van der Waals surface area contributed by atoms with Gasteiger partial charge in [0.15, 0.2) is 0 Å². The maximum absolute atomic E-state index is 11.9. The molecule has 1 aliphatic heterocycles. The van der Waals surface area contributed by atoms with E-state index in [0.717, 1.165) is 11.3 Å². The Balaban J connectivity index is 2.22. The smallest absolute Gasteiger partial charge is 0.255 e. The number of carbonyl (C=O) groups excluding carboxylic acids is 2. The van der Waals surface area contributed by atoms with Gasteiger partial charge < -0.3 is 14.4 Å². The fourth-order valence-corrected chi connectivity index (χ4v) is 2.31. The minimum absolute atomic E-state index is 0.0377. The Hall–Kier alpha value is -1.92. The highest BCUT2D eigenvalue weighted by atomic mass is 16.5. The maximum Gasteiger partial charge on any atom is 0.255 e. The van der Waals surface area contributed by atoms with Crippen LogP contribution in [-0.2, 0) is 14.3 Å². The molecule has 1 fully saturated rings. The van der Waals surface area contributed by atoms with Crippen LogP contribution in [0.25, 0.3) is 0 Å². The van der Waals surface area contributed by atoms with E-state index in [9.17, 15) is 9.59 Å². The van der Waals surface area contributed by atoms with E-state index >= 15 is 0 Å². The van der Waals surface area contributed by atoms with Gasteiger partial charge in [-0.2, -0.15) is 0 Å². The summed E-state index contributed by atoms with van der Waals surface area (Å²) in [6.45, 7) is 0.231. The lowest BCUT2D eigenvalue weighted by Crippen LogP contribution is -2.49. The number of methoxy groups -OCH3 is 1. The van der Waals surface area contributed by atoms with E-state index in [4.69, 9.17) is 9.47 Å². The first-order valence-electron chi connectivity index (χ1n) is 6.74. The van der Waals surface area contributed by atoms with Crippen LogP contribution in [0.5, 0.6) is 5.75 Å². The maximum atomic E-state index is 11.9. The van der Waals surface area contributed by atoms with Crippen molar-refractivity contribution < 1.29 is 19.1 Å². The molecular weight excluding hydrogens is 272 g/mol. The standard InChI is InChI=1S/C15H20N2O4/c1-16(2)13(11-5-4-6-12(7-11)20-3)8-17-14(18)9-21-10-15(17)19/h4-7,13H,8-10H2,1-3H3. The van der Waals surface area contributed by atoms with Crippen LogP contribution in [0.4, 0.5) is 0 Å². The second-order valence-corrected chi connectivity index (χ2v) is 5.15. The number of likely N-dealkylation sites (N-methyl/N-ethyl adjacent to an activating group) is 1. The Bertz CT molecular complexity index is 514. The van der Waals surface area contributed by atoms with Crippen LogP contribution >= 0.6 is 0 Å². The normalized spacial score (nSPS) is 17.2. The number of amides is 2. The van der Waals surface area contributed by atoms with Crippen LogP contribution in [0.1, 0.15) is 11.6 Å². The van der Waals surface area contributed by atoms with E-state index < -0.39 is 0 Å². The van der Waals surface area contributed by atoms with Gasteiger partial charge in [0.25, 0.3) is 11.8 Å². The Morgan fingerprint density at radius 3 is 2.52 bits per heavy atom. The van der Waals surface area contributed by atoms with Gasteiger partial charge in [-0.1, -0.05) is 12.1 Å². The van der Waals surface area contributed by atoms with E-state index in [-0.39, 0.29) is 31.1 Å². The van der Waals surface area contributed by atoms with Gasteiger partial charge in [0.05, 0.1) is 13.2 Å². The highest BCUT2D eigenvalue weighted by Gasteiger charge is 2.30. The number of imide groups is 1. The summed E-state index contributed by atoms with van der Waals surface area (Å²) < 4.78 is 10.2. The van der Waals surface area contributed by atoms with Crippen molar-refractivity contribution in [2.75, 3.05) is 41.0 Å². The van der Waals surface area contributed by atoms with Crippen molar-refractivity contribution >= 4 is 11.8 Å². The second kappa shape index (κ2) is 6.69. The SMILES string of the molecule is COc1cccc(C(CN2C(=O)COCC2=O)N(C)C)c1. The Labute approximate surface area is 124 Å². The van der Waals surface area contributed by atoms with Gasteiger partial charge in [0.1, 0.15) is 19.0 Å². The number of hydrogen-bond donors (Lipinski definition) is 0. The molecule has 2 amide bonds. The van der Waals surface area contributed by atoms with Gasteiger partial charge in [-0.3, -0.25) is 14.5 Å². The van der Waals surface area contributed by atoms with Gasteiger partial charge in [-0.15, -0.1) is 0 Å². The highest BCUT2D eigenvalue weighted by molar-refractivity contribution is 5.98. The second-order valence-electron chi connectivity index (χ2n) is 5.15. The van der Waals surface area contributed by atoms with E-state index in [1.807, 2.05) is 43.3 Å². The zero-order valence-electron chi connectivity index (χ0n) is 12.5. The summed E-state index contributed by atoms with van der Waals surface area (Å²) in [7, 11) is 5.44. The summed E-state index contributed by atoms with van der Waals surface area (Å²) >= 11 is 0. The summed E-state index contributed by atoms with van der Waals surface area (Å²) in [5.74, 6) is 0.168. The van der Waals surface area contributed by atoms with Crippen molar-refractivity contribution in [2.45, 2.75) is 6.04 Å². The molecule has 2 rings (SSSR count). The summed E-state index contributed by atoms with van der Waals surface area (Å²) in [5.41, 5.74) is 0.992. The molecule has 0 saturated carbocycles. The summed E-state index contributed by atoms with van der Waals surface area (Å²) in [6, 6.07) is 7.54. The molecular formula is C15H20N2O4. The molecule has 1 aliphatic rings. The molecule has 0 radical (unpaired) electrons.